The van der Waals surface area contributed by atoms with Crippen molar-refractivity contribution in [2.75, 3.05) is 33.2 Å². The number of halogens is 1. The maximum Gasteiger partial charge on any atom is 0.234 e. The highest BCUT2D eigenvalue weighted by Gasteiger charge is 2.16. The molecule has 4 nitrogen and oxygen atoms in total. The zero-order chi connectivity index (χ0) is 15.1. The van der Waals surface area contributed by atoms with Crippen molar-refractivity contribution in [3.8, 4) is 0 Å². The molecule has 0 bridgehead atoms. The summed E-state index contributed by atoms with van der Waals surface area (Å²) in [6.45, 7) is 3.64. The molecule has 1 heterocycles. The molecular formula is C16H24FN3O. The van der Waals surface area contributed by atoms with E-state index in [9.17, 15) is 9.18 Å². The standard InChI is InChI=1S/C16H24FN3O/c1-20(11-13-5-4-8-18-9-13)12-16(21)19-10-14-6-2-3-7-15(14)17/h2-3,6-7,13,18H,4-5,8-12H2,1H3,(H,19,21). The summed E-state index contributed by atoms with van der Waals surface area (Å²) in [7, 11) is 1.96. The fourth-order valence-electron chi connectivity index (χ4n) is 2.72. The predicted octanol–water partition coefficient (Wildman–Crippen LogP) is 1.37. The van der Waals surface area contributed by atoms with Crippen molar-refractivity contribution in [3.63, 3.8) is 0 Å². The van der Waals surface area contributed by atoms with Crippen LogP contribution in [0.15, 0.2) is 24.3 Å². The van der Waals surface area contributed by atoms with Crippen LogP contribution in [0, 0.1) is 11.7 Å². The van der Waals surface area contributed by atoms with Gasteiger partial charge in [-0.1, -0.05) is 18.2 Å². The minimum Gasteiger partial charge on any atom is -0.351 e. The molecule has 0 spiro atoms. The lowest BCUT2D eigenvalue weighted by Crippen LogP contribution is -2.41. The summed E-state index contributed by atoms with van der Waals surface area (Å²) < 4.78 is 13.4. The Morgan fingerprint density at radius 1 is 1.48 bits per heavy atom. The number of rotatable bonds is 6. The maximum absolute atomic E-state index is 13.4. The zero-order valence-electron chi connectivity index (χ0n) is 12.6. The van der Waals surface area contributed by atoms with Crippen LogP contribution in [0.3, 0.4) is 0 Å². The fraction of sp³-hybridized carbons (Fsp3) is 0.562. The van der Waals surface area contributed by atoms with Crippen molar-refractivity contribution >= 4 is 5.91 Å². The van der Waals surface area contributed by atoms with Crippen LogP contribution in [0.2, 0.25) is 0 Å². The van der Waals surface area contributed by atoms with Gasteiger partial charge in [-0.15, -0.1) is 0 Å². The number of benzene rings is 1. The Labute approximate surface area is 125 Å². The first-order chi connectivity index (χ1) is 10.1. The number of likely N-dealkylation sites (N-methyl/N-ethyl adjacent to an activating group) is 1. The number of hydrogen-bond donors (Lipinski definition) is 2. The molecule has 1 unspecified atom stereocenters. The van der Waals surface area contributed by atoms with E-state index < -0.39 is 0 Å². The number of amides is 1. The highest BCUT2D eigenvalue weighted by Crippen LogP contribution is 2.10. The van der Waals surface area contributed by atoms with Crippen molar-refractivity contribution in [2.45, 2.75) is 19.4 Å². The van der Waals surface area contributed by atoms with Gasteiger partial charge >= 0.3 is 0 Å². The topological polar surface area (TPSA) is 44.4 Å². The minimum atomic E-state index is -0.278. The number of hydrogen-bond acceptors (Lipinski definition) is 3. The molecule has 2 N–H and O–H groups in total. The van der Waals surface area contributed by atoms with E-state index in [4.69, 9.17) is 0 Å². The molecule has 1 aromatic carbocycles. The van der Waals surface area contributed by atoms with E-state index in [1.54, 1.807) is 18.2 Å². The second-order valence-electron chi connectivity index (χ2n) is 5.78. The molecule has 5 heteroatoms. The Hall–Kier alpha value is -1.46. The molecule has 0 aromatic heterocycles. The second kappa shape index (κ2) is 8.10. The molecule has 1 aliphatic rings. The first-order valence-corrected chi connectivity index (χ1v) is 7.54. The van der Waals surface area contributed by atoms with Gasteiger partial charge in [-0.3, -0.25) is 9.69 Å². The van der Waals surface area contributed by atoms with Crippen molar-refractivity contribution < 1.29 is 9.18 Å². The average Bonchev–Trinajstić information content (AvgIpc) is 2.47. The van der Waals surface area contributed by atoms with E-state index in [0.717, 1.165) is 19.6 Å². The summed E-state index contributed by atoms with van der Waals surface area (Å²) in [5, 5.41) is 6.15. The highest BCUT2D eigenvalue weighted by atomic mass is 19.1. The molecule has 21 heavy (non-hydrogen) atoms. The number of carbonyl (C=O) groups excluding carboxylic acids is 1. The summed E-state index contributed by atoms with van der Waals surface area (Å²) in [6, 6.07) is 6.51. The number of nitrogens with zero attached hydrogens (tertiary/aromatic N) is 1. The summed E-state index contributed by atoms with van der Waals surface area (Å²) in [6.07, 6.45) is 2.42. The molecule has 1 saturated heterocycles. The van der Waals surface area contributed by atoms with E-state index in [-0.39, 0.29) is 18.3 Å². The van der Waals surface area contributed by atoms with Crippen molar-refractivity contribution in [2.24, 2.45) is 5.92 Å². The predicted molar refractivity (Wildman–Crippen MR) is 81.3 cm³/mol. The summed E-state index contributed by atoms with van der Waals surface area (Å²) in [5.74, 6) is 0.270. The maximum atomic E-state index is 13.4. The van der Waals surface area contributed by atoms with Gasteiger partial charge in [-0.2, -0.15) is 0 Å². The number of carbonyl (C=O) groups is 1. The Bertz CT molecular complexity index is 461. The molecule has 0 radical (unpaired) electrons. The lowest BCUT2D eigenvalue weighted by Gasteiger charge is -2.27. The fourth-order valence-corrected chi connectivity index (χ4v) is 2.72. The van der Waals surface area contributed by atoms with Crippen molar-refractivity contribution in [1.82, 2.24) is 15.5 Å². The van der Waals surface area contributed by atoms with E-state index in [1.807, 2.05) is 11.9 Å². The first-order valence-electron chi connectivity index (χ1n) is 7.54. The van der Waals surface area contributed by atoms with Crippen LogP contribution in [-0.2, 0) is 11.3 Å². The smallest absolute Gasteiger partial charge is 0.234 e. The molecular weight excluding hydrogens is 269 g/mol. The Morgan fingerprint density at radius 3 is 3.00 bits per heavy atom. The Kier molecular flexibility index (Phi) is 6.14. The van der Waals surface area contributed by atoms with Crippen LogP contribution in [0.5, 0.6) is 0 Å². The molecule has 1 aromatic rings. The van der Waals surface area contributed by atoms with Crippen molar-refractivity contribution in [3.05, 3.63) is 35.6 Å². The third kappa shape index (κ3) is 5.44. The van der Waals surface area contributed by atoms with E-state index >= 15 is 0 Å². The Morgan fingerprint density at radius 2 is 2.29 bits per heavy atom. The normalized spacial score (nSPS) is 18.7. The lowest BCUT2D eigenvalue weighted by atomic mass is 9.99. The quantitative estimate of drug-likeness (QED) is 0.833. The van der Waals surface area contributed by atoms with Crippen molar-refractivity contribution in [1.29, 1.82) is 0 Å². The van der Waals surface area contributed by atoms with Crippen LogP contribution in [0.25, 0.3) is 0 Å². The van der Waals surface area contributed by atoms with Gasteiger partial charge in [0.1, 0.15) is 5.82 Å². The molecule has 1 amide bonds. The minimum absolute atomic E-state index is 0.0653. The van der Waals surface area contributed by atoms with Crippen LogP contribution in [0.4, 0.5) is 4.39 Å². The van der Waals surface area contributed by atoms with E-state index in [0.29, 0.717) is 18.0 Å². The molecule has 1 atom stereocenters. The molecule has 2 rings (SSSR count). The van der Waals surface area contributed by atoms with Gasteiger partial charge in [0.05, 0.1) is 6.54 Å². The third-order valence-electron chi connectivity index (χ3n) is 3.82. The first kappa shape index (κ1) is 15.9. The summed E-state index contributed by atoms with van der Waals surface area (Å²) in [5.41, 5.74) is 0.519. The molecule has 1 fully saturated rings. The average molecular weight is 293 g/mol. The Balaban J connectivity index is 1.70. The second-order valence-corrected chi connectivity index (χ2v) is 5.78. The molecule has 1 aliphatic heterocycles. The van der Waals surface area contributed by atoms with Gasteiger partial charge in [0.25, 0.3) is 0 Å². The largest absolute Gasteiger partial charge is 0.351 e. The van der Waals surface area contributed by atoms with Gasteiger partial charge in [-0.25, -0.2) is 4.39 Å². The van der Waals surface area contributed by atoms with Gasteiger partial charge < -0.3 is 10.6 Å². The van der Waals surface area contributed by atoms with Crippen LogP contribution in [0.1, 0.15) is 18.4 Å². The number of piperidine rings is 1. The van der Waals surface area contributed by atoms with Gasteiger partial charge in [-0.05, 0) is 45.0 Å². The van der Waals surface area contributed by atoms with Gasteiger partial charge in [0.2, 0.25) is 5.91 Å². The summed E-state index contributed by atoms with van der Waals surface area (Å²) in [4.78, 5) is 13.9. The molecule has 0 saturated carbocycles. The monoisotopic (exact) mass is 293 g/mol. The van der Waals surface area contributed by atoms with Crippen LogP contribution < -0.4 is 10.6 Å². The highest BCUT2D eigenvalue weighted by molar-refractivity contribution is 5.77. The van der Waals surface area contributed by atoms with E-state index in [1.165, 1.54) is 18.9 Å². The zero-order valence-corrected chi connectivity index (χ0v) is 12.6. The SMILES string of the molecule is CN(CC(=O)NCc1ccccc1F)CC1CCCNC1. The summed E-state index contributed by atoms with van der Waals surface area (Å²) >= 11 is 0. The molecule has 116 valence electrons. The number of nitrogens with one attached hydrogen (secondary N) is 2. The van der Waals surface area contributed by atoms with Gasteiger partial charge in [0.15, 0.2) is 0 Å². The van der Waals surface area contributed by atoms with Crippen LogP contribution >= 0.6 is 0 Å². The lowest BCUT2D eigenvalue weighted by molar-refractivity contribution is -0.122. The van der Waals surface area contributed by atoms with Crippen LogP contribution in [-0.4, -0.2) is 44.0 Å². The van der Waals surface area contributed by atoms with E-state index in [2.05, 4.69) is 10.6 Å². The molecule has 0 aliphatic carbocycles. The van der Waals surface area contributed by atoms with Gasteiger partial charge in [0, 0.05) is 18.7 Å². The third-order valence-corrected chi connectivity index (χ3v) is 3.82.